The van der Waals surface area contributed by atoms with Crippen molar-refractivity contribution in [1.82, 2.24) is 10.6 Å². The molecule has 0 amide bonds. The van der Waals surface area contributed by atoms with Crippen molar-refractivity contribution in [3.63, 3.8) is 0 Å². The minimum Gasteiger partial charge on any atom is -0.386 e. The minimum atomic E-state index is -0.591. The number of ketones is 10. The third-order valence-corrected chi connectivity index (χ3v) is 15.4. The molecule has 10 atom stereocenters. The molecule has 692 valence electrons. The van der Waals surface area contributed by atoms with Gasteiger partial charge in [0, 0.05) is 104 Å². The summed E-state index contributed by atoms with van der Waals surface area (Å²) in [4.78, 5) is 119. The molecule has 33 nitrogen and oxygen atoms in total. The fourth-order valence-electron chi connectivity index (χ4n) is 8.20. The number of hydrogen-bond acceptors (Lipinski definition) is 29. The molecule has 40 N–H and O–H groups in total. The summed E-state index contributed by atoms with van der Waals surface area (Å²) in [5.41, 5.74) is 102. The van der Waals surface area contributed by atoms with Gasteiger partial charge in [-0.25, -0.2) is 0 Å². The quantitative estimate of drug-likeness (QED) is 0.0302. The molecule has 0 unspecified atom stereocenters. The molecule has 0 fully saturated rings. The van der Waals surface area contributed by atoms with Crippen molar-refractivity contribution in [3.8, 4) is 0 Å². The molecule has 115 heavy (non-hydrogen) atoms. The van der Waals surface area contributed by atoms with Crippen molar-refractivity contribution >= 4 is 69.8 Å². The average Bonchev–Trinajstić information content (AvgIpc) is 1.02. The summed E-state index contributed by atoms with van der Waals surface area (Å²) in [5, 5.41) is 5.54. The van der Waals surface area contributed by atoms with Crippen molar-refractivity contribution in [2.45, 2.75) is 303 Å². The maximum Gasteiger partial charge on any atom is 0.185 e. The van der Waals surface area contributed by atoms with Crippen LogP contribution in [0, 0.1) is 71.0 Å². The number of guanidine groups is 2. The van der Waals surface area contributed by atoms with Crippen molar-refractivity contribution in [1.29, 1.82) is 0 Å². The highest BCUT2D eigenvalue weighted by atomic mass is 16.2. The maximum atomic E-state index is 11.3. The van der Waals surface area contributed by atoms with E-state index in [2.05, 4.69) is 40.7 Å². The van der Waals surface area contributed by atoms with Gasteiger partial charge in [0.1, 0.15) is 11.6 Å². The molecule has 0 aliphatic heterocycles. The number of nitrogens with one attached hydrogen (secondary N) is 2. The van der Waals surface area contributed by atoms with Crippen LogP contribution in [-0.2, 0) is 47.9 Å². The van der Waals surface area contributed by atoms with Gasteiger partial charge in [-0.3, -0.25) is 57.9 Å². The monoisotopic (exact) mass is 1660 g/mol. The summed E-state index contributed by atoms with van der Waals surface area (Å²) < 4.78 is 0. The van der Waals surface area contributed by atoms with Gasteiger partial charge in [-0.2, -0.15) is 0 Å². The van der Waals surface area contributed by atoms with Gasteiger partial charge in [0.2, 0.25) is 0 Å². The Hall–Kier alpha value is -6.60. The van der Waals surface area contributed by atoms with Crippen molar-refractivity contribution in [3.05, 3.63) is 24.8 Å². The number of nitrogens with zero attached hydrogens (tertiary/aromatic N) is 2. The van der Waals surface area contributed by atoms with E-state index in [1.165, 1.54) is 0 Å². The highest BCUT2D eigenvalue weighted by Gasteiger charge is 2.22. The molecule has 0 saturated carbocycles. The van der Waals surface area contributed by atoms with E-state index in [1.807, 2.05) is 138 Å². The summed E-state index contributed by atoms with van der Waals surface area (Å²) >= 11 is 0. The van der Waals surface area contributed by atoms with Crippen LogP contribution in [0.3, 0.4) is 0 Å². The Morgan fingerprint density at radius 2 is 0.565 bits per heavy atom. The number of Topliss-reactive ketones (excluding diaryl/α,β-unsaturated/α-hetero) is 10. The molecule has 0 radical (unpaired) electrons. The lowest BCUT2D eigenvalue weighted by Crippen LogP contribution is -2.42. The van der Waals surface area contributed by atoms with Crippen LogP contribution in [0.1, 0.15) is 254 Å². The summed E-state index contributed by atoms with van der Waals surface area (Å²) in [6.45, 7) is 53.8. The minimum absolute atomic E-state index is 0. The number of aliphatic imine (C=N–C) groups is 2. The number of carbonyl (C=O) groups excluding carboxylic acids is 10. The number of hydrogen-bond donors (Lipinski definition) is 21. The van der Waals surface area contributed by atoms with Crippen LogP contribution in [0.4, 0.5) is 0 Å². The van der Waals surface area contributed by atoms with E-state index in [1.54, 1.807) is 13.8 Å². The van der Waals surface area contributed by atoms with Gasteiger partial charge in [0.25, 0.3) is 0 Å². The van der Waals surface area contributed by atoms with Crippen molar-refractivity contribution in [2.75, 3.05) is 58.9 Å². The van der Waals surface area contributed by atoms with E-state index >= 15 is 0 Å². The second-order valence-corrected chi connectivity index (χ2v) is 29.9. The number of nitrogens with two attached hydrogens (primary N) is 19. The molecule has 0 rings (SSSR count). The molecule has 0 bridgehead atoms. The van der Waals surface area contributed by atoms with Crippen LogP contribution in [-0.4, -0.2) is 177 Å². The second-order valence-electron chi connectivity index (χ2n) is 29.9. The second kappa shape index (κ2) is 88.2. The lowest BCUT2D eigenvalue weighted by atomic mass is 9.94. The van der Waals surface area contributed by atoms with E-state index in [0.717, 1.165) is 32.1 Å². The highest BCUT2D eigenvalue weighted by molar-refractivity contribution is 5.89. The van der Waals surface area contributed by atoms with Crippen LogP contribution in [0.25, 0.3) is 0 Å². The Morgan fingerprint density at radius 1 is 0.296 bits per heavy atom. The number of unbranched alkanes of at least 4 members (excludes halogenated alkanes) is 1. The smallest absolute Gasteiger partial charge is 0.185 e. The van der Waals surface area contributed by atoms with E-state index < -0.39 is 30.2 Å². The molecule has 0 spiro atoms. The molecule has 0 aromatic heterocycles. The Morgan fingerprint density at radius 3 is 0.817 bits per heavy atom. The van der Waals surface area contributed by atoms with Crippen molar-refractivity contribution < 1.29 is 47.9 Å². The number of rotatable bonds is 44. The Bertz CT molecular complexity index is 2440. The van der Waals surface area contributed by atoms with E-state index in [0.29, 0.717) is 88.9 Å². The zero-order valence-corrected chi connectivity index (χ0v) is 72.6. The first-order valence-corrected chi connectivity index (χ1v) is 38.7. The fourth-order valence-corrected chi connectivity index (χ4v) is 8.20. The highest BCUT2D eigenvalue weighted by Crippen LogP contribution is 2.10. The zero-order chi connectivity index (χ0) is 89.2. The zero-order valence-electron chi connectivity index (χ0n) is 72.6. The topological polar surface area (TPSA) is 714 Å². The predicted octanol–water partition coefficient (Wildman–Crippen LogP) is 4.10. The first kappa shape index (κ1) is 143. The summed E-state index contributed by atoms with van der Waals surface area (Å²) in [5.74, 6) is 2.40. The Kier molecular flexibility index (Phi) is 110. The lowest BCUT2D eigenvalue weighted by molar-refractivity contribution is -0.126. The van der Waals surface area contributed by atoms with Gasteiger partial charge in [0.05, 0.1) is 66.5 Å². The lowest BCUT2D eigenvalue weighted by Gasteiger charge is -2.13. The first-order chi connectivity index (χ1) is 50.3. The summed E-state index contributed by atoms with van der Waals surface area (Å²) in [6, 6.07) is -3.30. The van der Waals surface area contributed by atoms with Gasteiger partial charge in [-0.05, 0) is 64.6 Å². The molecule has 0 aromatic carbocycles. The van der Waals surface area contributed by atoms with Crippen LogP contribution in [0.15, 0.2) is 34.8 Å². The van der Waals surface area contributed by atoms with Crippen LogP contribution in [0.2, 0.25) is 0 Å². The fraction of sp³-hybridized carbons (Fsp3) is 0.805. The Labute approximate surface area is 701 Å². The Balaban J connectivity index is -0.0000000741. The third-order valence-electron chi connectivity index (χ3n) is 15.4. The van der Waals surface area contributed by atoms with Crippen molar-refractivity contribution in [2.24, 2.45) is 190 Å². The van der Waals surface area contributed by atoms with Gasteiger partial charge >= 0.3 is 0 Å². The van der Waals surface area contributed by atoms with Crippen LogP contribution in [0.5, 0.6) is 0 Å². The van der Waals surface area contributed by atoms with Gasteiger partial charge in [-0.1, -0.05) is 222 Å². The van der Waals surface area contributed by atoms with Crippen LogP contribution >= 0.6 is 0 Å². The summed E-state index contributed by atoms with van der Waals surface area (Å²) in [7, 11) is 0. The predicted molar refractivity (Wildman–Crippen MR) is 491 cm³/mol. The van der Waals surface area contributed by atoms with E-state index in [-0.39, 0.29) is 203 Å². The molecular formula is C82H189N23O10. The first-order valence-electron chi connectivity index (χ1n) is 38.7. The summed E-state index contributed by atoms with van der Waals surface area (Å²) in [6.07, 6.45) is 7.05. The normalized spacial score (nSPS) is 12.6. The number of carbonyl (C=O) groups is 10. The van der Waals surface area contributed by atoms with E-state index in [4.69, 9.17) is 109 Å². The molecule has 0 aromatic rings. The van der Waals surface area contributed by atoms with Gasteiger partial charge < -0.3 is 120 Å². The molecule has 0 aliphatic rings. The molecule has 0 aliphatic carbocycles. The average molecular weight is 1660 g/mol. The van der Waals surface area contributed by atoms with Gasteiger partial charge in [-0.15, -0.1) is 0 Å². The molecule has 0 heterocycles. The van der Waals surface area contributed by atoms with E-state index in [9.17, 15) is 47.9 Å². The standard InChI is InChI=1S/C9H19N3O.C9H19NO.C8H18N4O.C8H17N3O.C8H18N2O.C8H17NO.C7H16N4O.C7H16N2O.C7H15NO.C6H14N2O.5CH4/c1-6(2)9(13)8(11)4-5-12-7(3)10;1-4-5-6-8(10)9(11)7(2)3;1-5(2)7(13)6(9)3-4-12-8(10)11;1-5(2)8(12)7(10)4-11-6(3)9;1-6(2)8(11)7(10)4-3-5-9;1-6(2)8(10)7(3)4-5-9;1-4(2)6(12)5(8)3-11-7(9)10;1-5(2)7(10)6(9)3-4-8;1-5(2)7(9)6(3)4-8;1-4(2)6(9)5(8)3-7;;;;;/h6,8,12H,3-5,10-11H2,1-2H3;7-8H,4-6,10H2,1-3H3;5-6H,3-4,9H2,1-2H3,(H4,10,11,12);5,7,11H,3-4,9-10H2,1-2H3;6-7H,3-5,9-10H2,1-2H3;6-7H,4-5,9H2,1-3H3;4-5H,3,8H2,1-2H3,(H4,9,10,11);5-6H,3-4,8-9H2,1-2H3;5-6H,4,8H2,1-3H3;4-5H,3,7-8H2,1-2H3;5*1H4/t2*8-;6-;3*7-;5-;2*6-;5-;;;;;/m1101010001...../s1. The molecule has 33 heteroatoms. The SMILES string of the molecule is C.C.C.C.C.C=C(N)NCC[C@@H](N)C(=O)C(C)C.C=C(N)NC[C@@H](N)C(=O)C(C)C.CC(C)C(=O)[C@@H](C)CN.CC(C)C(=O)[C@@H](N)CCCN.CC(C)C(=O)[C@@H](N)CCN.CC(C)C(=O)[C@@H](N)CCN=C(N)N.CC(C)C(=O)[C@@H](N)CN=C(N)N.CC(C)C(=O)[C@H](C)CCN.CC(C)C(=O)[C@H](N)CN.CCCC[C@@H](N)C(=O)C(C)C. The van der Waals surface area contributed by atoms with Crippen LogP contribution < -0.4 is 120 Å². The van der Waals surface area contributed by atoms with Gasteiger partial charge in [0.15, 0.2) is 58.2 Å². The molecule has 0 saturated heterocycles. The molecular weight excluding hydrogens is 1470 g/mol. The maximum absolute atomic E-state index is 11.3. The largest absolute Gasteiger partial charge is 0.386 e. The third kappa shape index (κ3) is 92.8.